The zero-order valence-corrected chi connectivity index (χ0v) is 17.7. The van der Waals surface area contributed by atoms with Crippen molar-refractivity contribution in [2.24, 2.45) is 9.98 Å². The van der Waals surface area contributed by atoms with E-state index in [2.05, 4.69) is 9.98 Å². The smallest absolute Gasteiger partial charge is 0.310 e. The third kappa shape index (κ3) is 4.42. The van der Waals surface area contributed by atoms with Gasteiger partial charge in [-0.1, -0.05) is 91.0 Å². The van der Waals surface area contributed by atoms with E-state index in [1.54, 1.807) is 12.1 Å². The first kappa shape index (κ1) is 23.5. The van der Waals surface area contributed by atoms with Crippen LogP contribution in [-0.4, -0.2) is 41.1 Å². The molecule has 0 spiro atoms. The topological polar surface area (TPSA) is 28.0 Å². The SMILES string of the molecule is FC(F)(F)C1(C(F)(F)F)N=C(c2ccccc2)N(CCc2ccccc2)C(c2ccccc2)=N1. The van der Waals surface area contributed by atoms with E-state index in [-0.39, 0.29) is 17.7 Å². The van der Waals surface area contributed by atoms with Gasteiger partial charge >= 0.3 is 18.0 Å². The van der Waals surface area contributed by atoms with Crippen molar-refractivity contribution in [2.75, 3.05) is 6.54 Å². The van der Waals surface area contributed by atoms with Crippen LogP contribution in [0.5, 0.6) is 0 Å². The van der Waals surface area contributed by atoms with Gasteiger partial charge in [0, 0.05) is 17.7 Å². The number of benzene rings is 3. The lowest BCUT2D eigenvalue weighted by Crippen LogP contribution is -2.59. The van der Waals surface area contributed by atoms with Crippen LogP contribution in [0, 0.1) is 0 Å². The van der Waals surface area contributed by atoms with E-state index in [4.69, 9.17) is 0 Å². The number of nitrogens with zero attached hydrogens (tertiary/aromatic N) is 3. The van der Waals surface area contributed by atoms with Crippen LogP contribution in [0.15, 0.2) is 101 Å². The number of rotatable bonds is 5. The zero-order chi connectivity index (χ0) is 24.4. The summed E-state index contributed by atoms with van der Waals surface area (Å²) in [6, 6.07) is 24.2. The molecule has 0 aliphatic carbocycles. The van der Waals surface area contributed by atoms with Gasteiger partial charge in [0.1, 0.15) is 11.7 Å². The third-order valence-corrected chi connectivity index (χ3v) is 5.37. The summed E-state index contributed by atoms with van der Waals surface area (Å²) >= 11 is 0. The van der Waals surface area contributed by atoms with Gasteiger partial charge in [0.25, 0.3) is 0 Å². The number of hydrogen-bond acceptors (Lipinski definition) is 3. The summed E-state index contributed by atoms with van der Waals surface area (Å²) in [4.78, 5) is 7.93. The zero-order valence-electron chi connectivity index (χ0n) is 17.7. The monoisotopic (exact) mass is 475 g/mol. The molecular weight excluding hydrogens is 456 g/mol. The molecule has 3 aromatic rings. The highest BCUT2D eigenvalue weighted by molar-refractivity contribution is 6.16. The molecule has 1 heterocycles. The van der Waals surface area contributed by atoms with E-state index in [0.29, 0.717) is 6.42 Å². The van der Waals surface area contributed by atoms with Crippen LogP contribution in [-0.2, 0) is 6.42 Å². The first-order chi connectivity index (χ1) is 16.1. The summed E-state index contributed by atoms with van der Waals surface area (Å²) in [6.07, 6.45) is -11.3. The number of halogens is 6. The number of amidine groups is 2. The molecule has 3 aromatic carbocycles. The normalized spacial score (nSPS) is 16.1. The van der Waals surface area contributed by atoms with Crippen molar-refractivity contribution in [3.63, 3.8) is 0 Å². The molecule has 0 amide bonds. The molecule has 0 saturated carbocycles. The Bertz CT molecular complexity index is 1100. The minimum absolute atomic E-state index is 0.0667. The Morgan fingerprint density at radius 1 is 0.588 bits per heavy atom. The quantitative estimate of drug-likeness (QED) is 0.401. The largest absolute Gasteiger partial charge is 0.443 e. The molecule has 0 atom stereocenters. The van der Waals surface area contributed by atoms with Crippen molar-refractivity contribution >= 4 is 11.7 Å². The van der Waals surface area contributed by atoms with E-state index in [9.17, 15) is 26.3 Å². The van der Waals surface area contributed by atoms with Gasteiger partial charge in [0.15, 0.2) is 0 Å². The molecule has 176 valence electrons. The predicted octanol–water partition coefficient (Wildman–Crippen LogP) is 6.26. The molecule has 4 rings (SSSR count). The molecule has 0 fully saturated rings. The lowest BCUT2D eigenvalue weighted by atomic mass is 10.0. The minimum atomic E-state index is -5.81. The fourth-order valence-electron chi connectivity index (χ4n) is 3.68. The molecule has 0 saturated heterocycles. The van der Waals surface area contributed by atoms with Crippen molar-refractivity contribution in [1.82, 2.24) is 4.90 Å². The number of aliphatic imine (C=N–C) groups is 2. The number of hydrogen-bond donors (Lipinski definition) is 0. The van der Waals surface area contributed by atoms with Crippen molar-refractivity contribution in [2.45, 2.75) is 24.4 Å². The molecule has 0 radical (unpaired) electrons. The standard InChI is InChI=1S/C25H19F6N3/c26-24(27,28)23(25(29,30)31)32-21(19-12-6-2-7-13-19)34(17-16-18-10-4-1-5-11-18)22(33-23)20-14-8-3-9-15-20/h1-15H,16-17H2. The molecule has 0 aromatic heterocycles. The summed E-state index contributed by atoms with van der Waals surface area (Å²) in [5.41, 5.74) is -3.51. The van der Waals surface area contributed by atoms with Crippen LogP contribution in [0.2, 0.25) is 0 Å². The van der Waals surface area contributed by atoms with Crippen molar-refractivity contribution < 1.29 is 26.3 Å². The maximum absolute atomic E-state index is 14.1. The Labute approximate surface area is 192 Å². The highest BCUT2D eigenvalue weighted by Gasteiger charge is 2.74. The summed E-state index contributed by atoms with van der Waals surface area (Å²) in [5, 5.41) is 0. The maximum atomic E-state index is 14.1. The second kappa shape index (κ2) is 8.96. The Morgan fingerprint density at radius 2 is 0.971 bits per heavy atom. The first-order valence-corrected chi connectivity index (χ1v) is 10.4. The van der Waals surface area contributed by atoms with Crippen molar-refractivity contribution in [3.8, 4) is 0 Å². The maximum Gasteiger partial charge on any atom is 0.443 e. The Morgan fingerprint density at radius 3 is 1.35 bits per heavy atom. The van der Waals surface area contributed by atoms with Gasteiger partial charge in [-0.2, -0.15) is 26.3 Å². The van der Waals surface area contributed by atoms with Gasteiger partial charge in [0.05, 0.1) is 0 Å². The fraction of sp³-hybridized carbons (Fsp3) is 0.200. The van der Waals surface area contributed by atoms with Gasteiger partial charge in [-0.25, -0.2) is 9.98 Å². The summed E-state index contributed by atoms with van der Waals surface area (Å²) in [5.74, 6) is -0.889. The Kier molecular flexibility index (Phi) is 6.20. The molecule has 0 N–H and O–H groups in total. The van der Waals surface area contributed by atoms with Crippen molar-refractivity contribution in [3.05, 3.63) is 108 Å². The van der Waals surface area contributed by atoms with Gasteiger partial charge in [-0.15, -0.1) is 0 Å². The second-order valence-electron chi connectivity index (χ2n) is 7.66. The molecule has 3 nitrogen and oxygen atoms in total. The fourth-order valence-corrected chi connectivity index (χ4v) is 3.68. The molecule has 9 heteroatoms. The van der Waals surface area contributed by atoms with E-state index in [0.717, 1.165) is 5.56 Å². The first-order valence-electron chi connectivity index (χ1n) is 10.4. The van der Waals surface area contributed by atoms with Crippen LogP contribution in [0.25, 0.3) is 0 Å². The van der Waals surface area contributed by atoms with Crippen LogP contribution < -0.4 is 0 Å². The van der Waals surface area contributed by atoms with Crippen molar-refractivity contribution in [1.29, 1.82) is 0 Å². The third-order valence-electron chi connectivity index (χ3n) is 5.37. The van der Waals surface area contributed by atoms with E-state index >= 15 is 0 Å². The highest BCUT2D eigenvalue weighted by atomic mass is 19.4. The summed E-state index contributed by atoms with van der Waals surface area (Å²) in [6.45, 7) is 0.0667. The summed E-state index contributed by atoms with van der Waals surface area (Å²) < 4.78 is 84.6. The van der Waals surface area contributed by atoms with Gasteiger partial charge in [-0.3, -0.25) is 0 Å². The molecule has 0 bridgehead atoms. The minimum Gasteiger partial charge on any atom is -0.310 e. The predicted molar refractivity (Wildman–Crippen MR) is 118 cm³/mol. The molecule has 1 aliphatic rings. The highest BCUT2D eigenvalue weighted by Crippen LogP contribution is 2.49. The molecule has 1 aliphatic heterocycles. The average Bonchev–Trinajstić information content (AvgIpc) is 2.82. The van der Waals surface area contributed by atoms with Gasteiger partial charge in [-0.05, 0) is 12.0 Å². The lowest BCUT2D eigenvalue weighted by Gasteiger charge is -2.39. The van der Waals surface area contributed by atoms with E-state index < -0.39 is 29.7 Å². The van der Waals surface area contributed by atoms with Gasteiger partial charge in [0.2, 0.25) is 0 Å². The van der Waals surface area contributed by atoms with Crippen LogP contribution in [0.3, 0.4) is 0 Å². The molecule has 34 heavy (non-hydrogen) atoms. The molecular formula is C25H19F6N3. The Hall–Kier alpha value is -3.62. The van der Waals surface area contributed by atoms with Crippen LogP contribution in [0.4, 0.5) is 26.3 Å². The van der Waals surface area contributed by atoms with E-state index in [1.165, 1.54) is 53.4 Å². The lowest BCUT2D eigenvalue weighted by molar-refractivity contribution is -0.292. The number of alkyl halides is 6. The molecule has 0 unspecified atom stereocenters. The van der Waals surface area contributed by atoms with E-state index in [1.807, 2.05) is 30.3 Å². The summed E-state index contributed by atoms with van der Waals surface area (Å²) in [7, 11) is 0. The van der Waals surface area contributed by atoms with Gasteiger partial charge < -0.3 is 4.90 Å². The van der Waals surface area contributed by atoms with Crippen LogP contribution >= 0.6 is 0 Å². The second-order valence-corrected chi connectivity index (χ2v) is 7.66. The Balaban J connectivity index is 1.94. The average molecular weight is 475 g/mol. The van der Waals surface area contributed by atoms with Crippen LogP contribution in [0.1, 0.15) is 16.7 Å².